The Kier molecular flexibility index (Phi) is 5.38. The van der Waals surface area contributed by atoms with Crippen molar-refractivity contribution in [3.05, 3.63) is 65.2 Å². The maximum absolute atomic E-state index is 5.93. The predicted octanol–water partition coefficient (Wildman–Crippen LogP) is 3.53. The number of benzene rings is 2. The van der Waals surface area contributed by atoms with Crippen LogP contribution in [-0.4, -0.2) is 12.5 Å². The van der Waals surface area contributed by atoms with Crippen molar-refractivity contribution in [2.75, 3.05) is 11.9 Å². The summed E-state index contributed by atoms with van der Waals surface area (Å²) >= 11 is 0. The summed E-state index contributed by atoms with van der Waals surface area (Å²) in [5, 5.41) is 3.14. The van der Waals surface area contributed by atoms with E-state index in [1.54, 1.807) is 0 Å². The highest BCUT2D eigenvalue weighted by atomic mass is 15.1. The number of aryl methyl sites for hydroxylation is 2. The summed E-state index contributed by atoms with van der Waals surface area (Å²) in [5.41, 5.74) is 10.8. The van der Waals surface area contributed by atoms with Crippen molar-refractivity contribution in [3.8, 4) is 0 Å². The van der Waals surface area contributed by atoms with Gasteiger partial charge in [0.1, 0.15) is 0 Å². The van der Waals surface area contributed by atoms with Crippen molar-refractivity contribution in [1.29, 1.82) is 0 Å². The van der Waals surface area contributed by atoms with Gasteiger partial charge in [0.25, 0.3) is 0 Å². The van der Waals surface area contributed by atoms with Crippen LogP contribution in [0.3, 0.4) is 0 Å². The molecular weight excluding hydrogens is 258 g/mol. The Morgan fingerprint density at radius 2 is 1.86 bits per heavy atom. The van der Waals surface area contributed by atoms with Crippen LogP contribution in [-0.2, 0) is 12.8 Å². The van der Waals surface area contributed by atoms with Gasteiger partial charge in [0.15, 0.2) is 5.96 Å². The number of guanidine groups is 1. The molecule has 3 heteroatoms. The van der Waals surface area contributed by atoms with Crippen LogP contribution in [0.2, 0.25) is 0 Å². The van der Waals surface area contributed by atoms with Gasteiger partial charge in [0.2, 0.25) is 0 Å². The lowest BCUT2D eigenvalue weighted by Gasteiger charge is -2.07. The minimum absolute atomic E-state index is 0.468. The number of rotatable bonds is 5. The molecule has 0 spiro atoms. The molecule has 2 rings (SSSR count). The number of hydrogen-bond donors (Lipinski definition) is 2. The zero-order chi connectivity index (χ0) is 15.1. The Balaban J connectivity index is 1.89. The van der Waals surface area contributed by atoms with E-state index in [4.69, 9.17) is 5.73 Å². The molecule has 0 fully saturated rings. The van der Waals surface area contributed by atoms with Gasteiger partial charge in [0.05, 0.1) is 0 Å². The maximum Gasteiger partial charge on any atom is 0.193 e. The first-order valence-corrected chi connectivity index (χ1v) is 7.39. The molecule has 2 aromatic carbocycles. The molecular formula is C18H23N3. The molecule has 3 nitrogen and oxygen atoms in total. The smallest absolute Gasteiger partial charge is 0.193 e. The Morgan fingerprint density at radius 1 is 1.10 bits per heavy atom. The van der Waals surface area contributed by atoms with Gasteiger partial charge in [-0.3, -0.25) is 4.99 Å². The minimum Gasteiger partial charge on any atom is -0.370 e. The van der Waals surface area contributed by atoms with Gasteiger partial charge >= 0.3 is 0 Å². The minimum atomic E-state index is 0.468. The third kappa shape index (κ3) is 4.95. The van der Waals surface area contributed by atoms with Crippen LogP contribution < -0.4 is 11.1 Å². The van der Waals surface area contributed by atoms with E-state index >= 15 is 0 Å². The summed E-state index contributed by atoms with van der Waals surface area (Å²) < 4.78 is 0. The molecule has 0 heterocycles. The van der Waals surface area contributed by atoms with E-state index in [1.165, 1.54) is 16.7 Å². The third-order valence-electron chi connectivity index (χ3n) is 3.37. The molecule has 0 amide bonds. The van der Waals surface area contributed by atoms with Crippen LogP contribution in [0.5, 0.6) is 0 Å². The molecule has 0 aliphatic carbocycles. The van der Waals surface area contributed by atoms with Crippen molar-refractivity contribution in [1.82, 2.24) is 0 Å². The first kappa shape index (κ1) is 15.1. The van der Waals surface area contributed by atoms with Crippen LogP contribution in [0.1, 0.15) is 23.6 Å². The predicted molar refractivity (Wildman–Crippen MR) is 90.8 cm³/mol. The lowest BCUT2D eigenvalue weighted by molar-refractivity contribution is 0.962. The molecule has 0 aromatic heterocycles. The van der Waals surface area contributed by atoms with Crippen molar-refractivity contribution in [2.24, 2.45) is 10.7 Å². The number of anilines is 1. The van der Waals surface area contributed by atoms with E-state index in [0.717, 1.165) is 18.5 Å². The van der Waals surface area contributed by atoms with E-state index in [1.807, 2.05) is 12.1 Å². The van der Waals surface area contributed by atoms with Crippen LogP contribution in [0.4, 0.5) is 5.69 Å². The Hall–Kier alpha value is -2.29. The van der Waals surface area contributed by atoms with E-state index in [0.29, 0.717) is 12.5 Å². The van der Waals surface area contributed by atoms with Crippen LogP contribution in [0, 0.1) is 6.92 Å². The number of nitrogens with zero attached hydrogens (tertiary/aromatic N) is 1. The average Bonchev–Trinajstić information content (AvgIpc) is 2.47. The Bertz CT molecular complexity index is 617. The molecule has 0 atom stereocenters. The Morgan fingerprint density at radius 3 is 2.62 bits per heavy atom. The highest BCUT2D eigenvalue weighted by Crippen LogP contribution is 2.10. The topological polar surface area (TPSA) is 50.4 Å². The number of hydrogen-bond acceptors (Lipinski definition) is 1. The van der Waals surface area contributed by atoms with Crippen LogP contribution in [0.15, 0.2) is 53.5 Å². The van der Waals surface area contributed by atoms with E-state index in [-0.39, 0.29) is 0 Å². The molecule has 0 aliphatic rings. The summed E-state index contributed by atoms with van der Waals surface area (Å²) in [6.45, 7) is 4.93. The van der Waals surface area contributed by atoms with Gasteiger partial charge in [-0.15, -0.1) is 0 Å². The second-order valence-corrected chi connectivity index (χ2v) is 5.18. The number of nitrogens with two attached hydrogens (primary N) is 1. The summed E-state index contributed by atoms with van der Waals surface area (Å²) in [6, 6.07) is 16.7. The summed E-state index contributed by atoms with van der Waals surface area (Å²) in [6.07, 6.45) is 1.92. The lowest BCUT2D eigenvalue weighted by atomic mass is 10.1. The van der Waals surface area contributed by atoms with Gasteiger partial charge in [0, 0.05) is 12.2 Å². The van der Waals surface area contributed by atoms with Crippen molar-refractivity contribution in [2.45, 2.75) is 26.7 Å². The zero-order valence-corrected chi connectivity index (χ0v) is 12.8. The van der Waals surface area contributed by atoms with Crippen molar-refractivity contribution in [3.63, 3.8) is 0 Å². The molecule has 2 aromatic rings. The standard InChI is InChI=1S/C18H23N3/c1-3-15-7-5-9-17(13-15)21-18(19)20-11-10-16-8-4-6-14(2)12-16/h4-9,12-13H,3,10-11H2,1-2H3,(H3,19,20,21). The Labute approximate surface area is 126 Å². The van der Waals surface area contributed by atoms with Gasteiger partial charge in [-0.25, -0.2) is 0 Å². The second kappa shape index (κ2) is 7.48. The molecule has 0 saturated carbocycles. The van der Waals surface area contributed by atoms with Gasteiger partial charge in [-0.2, -0.15) is 0 Å². The summed E-state index contributed by atoms with van der Waals surface area (Å²) in [5.74, 6) is 0.468. The molecule has 0 aliphatic heterocycles. The van der Waals surface area contributed by atoms with E-state index in [2.05, 4.69) is 60.6 Å². The first-order valence-electron chi connectivity index (χ1n) is 7.39. The highest BCUT2D eigenvalue weighted by molar-refractivity contribution is 5.92. The molecule has 0 saturated heterocycles. The number of nitrogens with one attached hydrogen (secondary N) is 1. The first-order chi connectivity index (χ1) is 10.2. The largest absolute Gasteiger partial charge is 0.370 e. The van der Waals surface area contributed by atoms with E-state index in [9.17, 15) is 0 Å². The zero-order valence-electron chi connectivity index (χ0n) is 12.8. The molecule has 3 N–H and O–H groups in total. The fraction of sp³-hybridized carbons (Fsp3) is 0.278. The maximum atomic E-state index is 5.93. The second-order valence-electron chi connectivity index (χ2n) is 5.18. The average molecular weight is 281 g/mol. The van der Waals surface area contributed by atoms with Gasteiger partial charge in [-0.1, -0.05) is 48.9 Å². The lowest BCUT2D eigenvalue weighted by Crippen LogP contribution is -2.23. The summed E-state index contributed by atoms with van der Waals surface area (Å²) in [4.78, 5) is 4.38. The third-order valence-corrected chi connectivity index (χ3v) is 3.37. The fourth-order valence-electron chi connectivity index (χ4n) is 2.23. The molecule has 21 heavy (non-hydrogen) atoms. The quantitative estimate of drug-likeness (QED) is 0.650. The SMILES string of the molecule is CCc1cccc(NC(N)=NCCc2cccc(C)c2)c1. The molecule has 110 valence electrons. The van der Waals surface area contributed by atoms with Crippen molar-refractivity contribution < 1.29 is 0 Å². The van der Waals surface area contributed by atoms with Crippen LogP contribution >= 0.6 is 0 Å². The van der Waals surface area contributed by atoms with Crippen molar-refractivity contribution >= 4 is 11.6 Å². The van der Waals surface area contributed by atoms with E-state index < -0.39 is 0 Å². The normalized spacial score (nSPS) is 11.4. The highest BCUT2D eigenvalue weighted by Gasteiger charge is 1.97. The fourth-order valence-corrected chi connectivity index (χ4v) is 2.23. The number of aliphatic imine (C=N–C) groups is 1. The monoisotopic (exact) mass is 281 g/mol. The van der Waals surface area contributed by atoms with Gasteiger partial charge in [-0.05, 0) is 43.0 Å². The van der Waals surface area contributed by atoms with Crippen LogP contribution in [0.25, 0.3) is 0 Å². The molecule has 0 unspecified atom stereocenters. The molecule has 0 bridgehead atoms. The summed E-state index contributed by atoms with van der Waals surface area (Å²) in [7, 11) is 0. The van der Waals surface area contributed by atoms with Gasteiger partial charge < -0.3 is 11.1 Å². The molecule has 0 radical (unpaired) electrons.